The predicted molar refractivity (Wildman–Crippen MR) is 48.6 cm³/mol. The molecule has 0 unspecified atom stereocenters. The number of hydrogen-bond acceptors (Lipinski definition) is 5. The zero-order valence-electron chi connectivity index (χ0n) is 8.31. The van der Waals surface area contributed by atoms with Crippen LogP contribution in [0.4, 0.5) is 0 Å². The summed E-state index contributed by atoms with van der Waals surface area (Å²) < 4.78 is 4.48. The Morgan fingerprint density at radius 1 is 1.50 bits per heavy atom. The molecule has 1 N–H and O–H groups in total. The van der Waals surface area contributed by atoms with E-state index in [-0.39, 0.29) is 5.69 Å². The second-order valence-corrected chi connectivity index (χ2v) is 3.34. The summed E-state index contributed by atoms with van der Waals surface area (Å²) in [4.78, 5) is 18.8. The van der Waals surface area contributed by atoms with Crippen molar-refractivity contribution in [1.82, 2.24) is 9.97 Å². The number of carbonyl (C=O) groups is 1. The Kier molecular flexibility index (Phi) is 2.81. The standard InChI is InChI=1S/C9H12N2O3/c1-9(2,13)7-5-10-4-6(11-7)8(12)14-3/h4-5,13H,1-3H3. The lowest BCUT2D eigenvalue weighted by atomic mass is 10.1. The van der Waals surface area contributed by atoms with Gasteiger partial charge in [-0.25, -0.2) is 9.78 Å². The zero-order chi connectivity index (χ0) is 10.8. The van der Waals surface area contributed by atoms with Crippen molar-refractivity contribution in [2.75, 3.05) is 7.11 Å². The number of esters is 1. The van der Waals surface area contributed by atoms with Crippen molar-refractivity contribution < 1.29 is 14.6 Å². The van der Waals surface area contributed by atoms with Gasteiger partial charge in [0.05, 0.1) is 25.2 Å². The molecular formula is C9H12N2O3. The number of nitrogens with zero attached hydrogens (tertiary/aromatic N) is 2. The van der Waals surface area contributed by atoms with E-state index in [1.54, 1.807) is 13.8 Å². The quantitative estimate of drug-likeness (QED) is 0.697. The molecular weight excluding hydrogens is 184 g/mol. The Bertz CT molecular complexity index is 344. The van der Waals surface area contributed by atoms with E-state index < -0.39 is 11.6 Å². The van der Waals surface area contributed by atoms with E-state index in [0.29, 0.717) is 5.69 Å². The molecule has 1 aromatic rings. The van der Waals surface area contributed by atoms with Crippen molar-refractivity contribution in [1.29, 1.82) is 0 Å². The lowest BCUT2D eigenvalue weighted by Gasteiger charge is -2.15. The van der Waals surface area contributed by atoms with Gasteiger partial charge in [-0.2, -0.15) is 0 Å². The van der Waals surface area contributed by atoms with E-state index in [9.17, 15) is 9.90 Å². The molecule has 0 aliphatic heterocycles. The monoisotopic (exact) mass is 196 g/mol. The third-order valence-electron chi connectivity index (χ3n) is 1.66. The zero-order valence-corrected chi connectivity index (χ0v) is 8.31. The fourth-order valence-electron chi connectivity index (χ4n) is 0.864. The normalized spacial score (nSPS) is 11.1. The van der Waals surface area contributed by atoms with E-state index >= 15 is 0 Å². The van der Waals surface area contributed by atoms with Crippen LogP contribution in [0.1, 0.15) is 30.0 Å². The highest BCUT2D eigenvalue weighted by molar-refractivity contribution is 5.86. The van der Waals surface area contributed by atoms with Gasteiger partial charge in [-0.15, -0.1) is 0 Å². The van der Waals surface area contributed by atoms with Gasteiger partial charge in [-0.05, 0) is 13.8 Å². The Morgan fingerprint density at radius 2 is 2.14 bits per heavy atom. The number of rotatable bonds is 2. The van der Waals surface area contributed by atoms with Crippen LogP contribution in [0.5, 0.6) is 0 Å². The highest BCUT2D eigenvalue weighted by Crippen LogP contribution is 2.15. The highest BCUT2D eigenvalue weighted by Gasteiger charge is 2.20. The number of aromatic nitrogens is 2. The molecule has 76 valence electrons. The van der Waals surface area contributed by atoms with Gasteiger partial charge in [0.2, 0.25) is 0 Å². The van der Waals surface area contributed by atoms with Crippen molar-refractivity contribution in [2.24, 2.45) is 0 Å². The van der Waals surface area contributed by atoms with E-state index in [1.165, 1.54) is 19.5 Å². The molecule has 5 nitrogen and oxygen atoms in total. The number of hydrogen-bond donors (Lipinski definition) is 1. The van der Waals surface area contributed by atoms with Gasteiger partial charge >= 0.3 is 5.97 Å². The summed E-state index contributed by atoms with van der Waals surface area (Å²) in [7, 11) is 1.26. The smallest absolute Gasteiger partial charge is 0.358 e. The predicted octanol–water partition coefficient (Wildman–Crippen LogP) is 0.491. The maximum absolute atomic E-state index is 11.1. The number of methoxy groups -OCH3 is 1. The Hall–Kier alpha value is -1.49. The van der Waals surface area contributed by atoms with Crippen LogP contribution in [0.3, 0.4) is 0 Å². The number of carbonyl (C=O) groups excluding carboxylic acids is 1. The van der Waals surface area contributed by atoms with E-state index in [4.69, 9.17) is 0 Å². The van der Waals surface area contributed by atoms with Crippen LogP contribution in [0.25, 0.3) is 0 Å². The van der Waals surface area contributed by atoms with Crippen LogP contribution in [0.2, 0.25) is 0 Å². The minimum absolute atomic E-state index is 0.0899. The van der Waals surface area contributed by atoms with Crippen molar-refractivity contribution >= 4 is 5.97 Å². The largest absolute Gasteiger partial charge is 0.464 e. The summed E-state index contributed by atoms with van der Waals surface area (Å²) in [5.74, 6) is -0.566. The fraction of sp³-hybridized carbons (Fsp3) is 0.444. The minimum Gasteiger partial charge on any atom is -0.464 e. The van der Waals surface area contributed by atoms with Gasteiger partial charge in [0.15, 0.2) is 5.69 Å². The minimum atomic E-state index is -1.11. The summed E-state index contributed by atoms with van der Waals surface area (Å²) in [5, 5.41) is 9.61. The number of ether oxygens (including phenoxy) is 1. The van der Waals surface area contributed by atoms with Crippen molar-refractivity contribution in [3.05, 3.63) is 23.8 Å². The Balaban J connectivity index is 3.08. The topological polar surface area (TPSA) is 72.3 Å². The molecule has 0 saturated carbocycles. The summed E-state index contributed by atoms with van der Waals surface area (Å²) in [6.07, 6.45) is 2.70. The molecule has 0 spiro atoms. The van der Waals surface area contributed by atoms with E-state index in [0.717, 1.165) is 0 Å². The lowest BCUT2D eigenvalue weighted by Crippen LogP contribution is -2.20. The molecule has 0 aliphatic carbocycles. The molecule has 14 heavy (non-hydrogen) atoms. The highest BCUT2D eigenvalue weighted by atomic mass is 16.5. The van der Waals surface area contributed by atoms with Crippen molar-refractivity contribution in [3.8, 4) is 0 Å². The first kappa shape index (κ1) is 10.6. The average molecular weight is 196 g/mol. The van der Waals surface area contributed by atoms with Crippen molar-refractivity contribution in [2.45, 2.75) is 19.4 Å². The molecule has 5 heteroatoms. The fourth-order valence-corrected chi connectivity index (χ4v) is 0.864. The van der Waals surface area contributed by atoms with Gasteiger partial charge < -0.3 is 9.84 Å². The van der Waals surface area contributed by atoms with Crippen LogP contribution in [0.15, 0.2) is 12.4 Å². The second-order valence-electron chi connectivity index (χ2n) is 3.34. The first-order chi connectivity index (χ1) is 6.45. The van der Waals surface area contributed by atoms with Gasteiger partial charge in [-0.3, -0.25) is 4.98 Å². The maximum Gasteiger partial charge on any atom is 0.358 e. The SMILES string of the molecule is COC(=O)c1cncc(C(C)(C)O)n1. The second kappa shape index (κ2) is 3.71. The van der Waals surface area contributed by atoms with E-state index in [1.807, 2.05) is 0 Å². The average Bonchev–Trinajstić information content (AvgIpc) is 2.15. The van der Waals surface area contributed by atoms with Gasteiger partial charge in [0.25, 0.3) is 0 Å². The third-order valence-corrected chi connectivity index (χ3v) is 1.66. The molecule has 0 atom stereocenters. The van der Waals surface area contributed by atoms with Gasteiger partial charge in [0.1, 0.15) is 5.60 Å². The molecule has 1 heterocycles. The molecule has 0 amide bonds. The van der Waals surface area contributed by atoms with Crippen LogP contribution in [-0.2, 0) is 10.3 Å². The first-order valence-corrected chi connectivity index (χ1v) is 4.08. The van der Waals surface area contributed by atoms with E-state index in [2.05, 4.69) is 14.7 Å². The van der Waals surface area contributed by atoms with Crippen molar-refractivity contribution in [3.63, 3.8) is 0 Å². The maximum atomic E-state index is 11.1. The molecule has 0 saturated heterocycles. The Labute approximate surface area is 81.8 Å². The Morgan fingerprint density at radius 3 is 2.64 bits per heavy atom. The molecule has 0 fully saturated rings. The summed E-state index contributed by atoms with van der Waals surface area (Å²) in [6.45, 7) is 3.14. The van der Waals surface area contributed by atoms with Crippen LogP contribution < -0.4 is 0 Å². The third kappa shape index (κ3) is 2.26. The summed E-state index contributed by atoms with van der Waals surface area (Å²) in [6, 6.07) is 0. The summed E-state index contributed by atoms with van der Waals surface area (Å²) >= 11 is 0. The first-order valence-electron chi connectivity index (χ1n) is 4.08. The summed E-state index contributed by atoms with van der Waals surface area (Å²) in [5.41, 5.74) is -0.690. The number of aliphatic hydroxyl groups is 1. The molecule has 0 radical (unpaired) electrons. The molecule has 1 aromatic heterocycles. The van der Waals surface area contributed by atoms with Crippen LogP contribution in [0, 0.1) is 0 Å². The van der Waals surface area contributed by atoms with Gasteiger partial charge in [0, 0.05) is 0 Å². The van der Waals surface area contributed by atoms with Crippen LogP contribution >= 0.6 is 0 Å². The molecule has 0 aromatic carbocycles. The lowest BCUT2D eigenvalue weighted by molar-refractivity contribution is 0.0583. The van der Waals surface area contributed by atoms with Gasteiger partial charge in [-0.1, -0.05) is 0 Å². The molecule has 0 aliphatic rings. The molecule has 1 rings (SSSR count). The molecule has 0 bridgehead atoms. The van der Waals surface area contributed by atoms with Crippen LogP contribution in [-0.4, -0.2) is 28.2 Å².